The fourth-order valence-corrected chi connectivity index (χ4v) is 2.81. The van der Waals surface area contributed by atoms with E-state index >= 15 is 0 Å². The fourth-order valence-electron chi connectivity index (χ4n) is 2.69. The summed E-state index contributed by atoms with van der Waals surface area (Å²) in [5.41, 5.74) is 0.923. The third-order valence-corrected chi connectivity index (χ3v) is 4.40. The van der Waals surface area contributed by atoms with Crippen LogP contribution in [0.3, 0.4) is 0 Å². The van der Waals surface area contributed by atoms with Crippen molar-refractivity contribution in [1.29, 1.82) is 0 Å². The van der Waals surface area contributed by atoms with Gasteiger partial charge >= 0.3 is 0 Å². The van der Waals surface area contributed by atoms with Crippen LogP contribution in [0.25, 0.3) is 0 Å². The van der Waals surface area contributed by atoms with E-state index in [1.807, 2.05) is 12.1 Å². The number of rotatable bonds is 5. The van der Waals surface area contributed by atoms with Crippen molar-refractivity contribution in [3.8, 4) is 5.75 Å². The van der Waals surface area contributed by atoms with Crippen LogP contribution in [0.5, 0.6) is 5.75 Å². The third kappa shape index (κ3) is 4.17. The highest BCUT2D eigenvalue weighted by Gasteiger charge is 2.30. The minimum Gasteiger partial charge on any atom is -0.482 e. The van der Waals surface area contributed by atoms with E-state index in [1.54, 1.807) is 19.2 Å². The van der Waals surface area contributed by atoms with Gasteiger partial charge in [-0.05, 0) is 23.8 Å². The molecule has 2 amide bonds. The minimum atomic E-state index is -0.563. The Hall–Kier alpha value is -3.13. The predicted molar refractivity (Wildman–Crippen MR) is 98.9 cm³/mol. The molecule has 0 bridgehead atoms. The quantitative estimate of drug-likeness (QED) is 0.579. The Kier molecular flexibility index (Phi) is 5.27. The van der Waals surface area contributed by atoms with Gasteiger partial charge in [0, 0.05) is 30.7 Å². The molecule has 0 unspecified atom stereocenters. The summed E-state index contributed by atoms with van der Waals surface area (Å²) >= 11 is 5.85. The smallest absolute Gasteiger partial charge is 0.271 e. The summed E-state index contributed by atoms with van der Waals surface area (Å²) in [6.45, 7) is -0.115. The molecule has 2 aromatic carbocycles. The van der Waals surface area contributed by atoms with Gasteiger partial charge in [-0.3, -0.25) is 24.6 Å². The predicted octanol–water partition coefficient (Wildman–Crippen LogP) is 2.63. The Morgan fingerprint density at radius 2 is 2.00 bits per heavy atom. The van der Waals surface area contributed by atoms with E-state index < -0.39 is 10.8 Å². The number of amides is 2. The summed E-state index contributed by atoms with van der Waals surface area (Å²) in [6, 6.07) is 11.0. The summed E-state index contributed by atoms with van der Waals surface area (Å²) < 4.78 is 5.30. The molecule has 0 saturated carbocycles. The molecule has 140 valence electrons. The topological polar surface area (TPSA) is 93.0 Å². The van der Waals surface area contributed by atoms with Crippen LogP contribution in [0, 0.1) is 10.1 Å². The fraction of sp³-hybridized carbons (Fsp3) is 0.222. The standard InChI is InChI=1S/C18H16ClN3O5/c1-20(9-12-2-4-13(19)5-3-12)17(23)10-21-15-8-14(22(25)26)6-7-16(15)27-11-18(21)24/h2-8H,9-11H2,1H3. The molecular formula is C18H16ClN3O5. The highest BCUT2D eigenvalue weighted by Crippen LogP contribution is 2.35. The molecule has 8 nitrogen and oxygen atoms in total. The summed E-state index contributed by atoms with van der Waals surface area (Å²) in [5.74, 6) is -0.415. The molecule has 1 aliphatic rings. The first-order valence-electron chi connectivity index (χ1n) is 8.05. The molecule has 0 atom stereocenters. The van der Waals surface area contributed by atoms with Crippen LogP contribution in [0.4, 0.5) is 11.4 Å². The number of nitro groups is 1. The zero-order valence-electron chi connectivity index (χ0n) is 14.4. The van der Waals surface area contributed by atoms with Crippen molar-refractivity contribution >= 4 is 34.8 Å². The van der Waals surface area contributed by atoms with Crippen molar-refractivity contribution < 1.29 is 19.2 Å². The Bertz CT molecular complexity index is 900. The van der Waals surface area contributed by atoms with Crippen molar-refractivity contribution in [3.05, 3.63) is 63.2 Å². The van der Waals surface area contributed by atoms with Gasteiger partial charge in [0.25, 0.3) is 11.6 Å². The number of fused-ring (bicyclic) bond motifs is 1. The zero-order valence-corrected chi connectivity index (χ0v) is 15.2. The van der Waals surface area contributed by atoms with Crippen LogP contribution in [-0.2, 0) is 16.1 Å². The molecule has 9 heteroatoms. The second kappa shape index (κ2) is 7.63. The van der Waals surface area contributed by atoms with Gasteiger partial charge in [0.05, 0.1) is 10.6 Å². The van der Waals surface area contributed by atoms with Gasteiger partial charge in [-0.1, -0.05) is 23.7 Å². The molecule has 1 aliphatic heterocycles. The van der Waals surface area contributed by atoms with E-state index in [1.165, 1.54) is 28.0 Å². The number of hydrogen-bond acceptors (Lipinski definition) is 5. The lowest BCUT2D eigenvalue weighted by molar-refractivity contribution is -0.384. The molecule has 27 heavy (non-hydrogen) atoms. The highest BCUT2D eigenvalue weighted by atomic mass is 35.5. The van der Waals surface area contributed by atoms with E-state index in [4.69, 9.17) is 16.3 Å². The van der Waals surface area contributed by atoms with Crippen LogP contribution in [0.1, 0.15) is 5.56 Å². The van der Waals surface area contributed by atoms with Gasteiger partial charge in [0.1, 0.15) is 12.3 Å². The maximum absolute atomic E-state index is 12.6. The molecule has 0 radical (unpaired) electrons. The average Bonchev–Trinajstić information content (AvgIpc) is 2.65. The molecule has 0 aliphatic carbocycles. The summed E-state index contributed by atoms with van der Waals surface area (Å²) in [4.78, 5) is 38.0. The minimum absolute atomic E-state index is 0.181. The van der Waals surface area contributed by atoms with Gasteiger partial charge in [-0.15, -0.1) is 0 Å². The first kappa shape index (κ1) is 18.7. The number of ether oxygens (including phenoxy) is 1. The van der Waals surface area contributed by atoms with Gasteiger partial charge in [-0.2, -0.15) is 0 Å². The lowest BCUT2D eigenvalue weighted by Crippen LogP contribution is -2.45. The Balaban J connectivity index is 1.77. The molecule has 0 spiro atoms. The number of benzene rings is 2. The number of nitrogens with zero attached hydrogens (tertiary/aromatic N) is 3. The number of nitro benzene ring substituents is 1. The number of anilines is 1. The molecule has 0 saturated heterocycles. The van der Waals surface area contributed by atoms with E-state index in [0.29, 0.717) is 17.3 Å². The Morgan fingerprint density at radius 1 is 1.30 bits per heavy atom. The monoisotopic (exact) mass is 389 g/mol. The van der Waals surface area contributed by atoms with Crippen molar-refractivity contribution in [2.45, 2.75) is 6.54 Å². The maximum Gasteiger partial charge on any atom is 0.271 e. The van der Waals surface area contributed by atoms with Crippen LogP contribution in [0.15, 0.2) is 42.5 Å². The number of halogens is 1. The van der Waals surface area contributed by atoms with Gasteiger partial charge < -0.3 is 9.64 Å². The van der Waals surface area contributed by atoms with Crippen molar-refractivity contribution in [2.24, 2.45) is 0 Å². The molecule has 0 N–H and O–H groups in total. The Labute approximate surface area is 160 Å². The van der Waals surface area contributed by atoms with Crippen molar-refractivity contribution in [2.75, 3.05) is 25.1 Å². The second-order valence-corrected chi connectivity index (χ2v) is 6.49. The van der Waals surface area contributed by atoms with Crippen LogP contribution in [-0.4, -0.2) is 41.8 Å². The summed E-state index contributed by atoms with van der Waals surface area (Å²) in [5, 5.41) is 11.6. The lowest BCUT2D eigenvalue weighted by Gasteiger charge is -2.30. The number of carbonyl (C=O) groups is 2. The lowest BCUT2D eigenvalue weighted by atomic mass is 10.2. The first-order chi connectivity index (χ1) is 12.8. The average molecular weight is 390 g/mol. The molecule has 1 heterocycles. The maximum atomic E-state index is 12.6. The van der Waals surface area contributed by atoms with Crippen LogP contribution >= 0.6 is 11.6 Å². The normalized spacial score (nSPS) is 13.0. The number of carbonyl (C=O) groups excluding carboxylic acids is 2. The molecule has 3 rings (SSSR count). The highest BCUT2D eigenvalue weighted by molar-refractivity contribution is 6.30. The van der Waals surface area contributed by atoms with Gasteiger partial charge in [-0.25, -0.2) is 0 Å². The first-order valence-corrected chi connectivity index (χ1v) is 8.43. The summed E-state index contributed by atoms with van der Waals surface area (Å²) in [6.07, 6.45) is 0. The third-order valence-electron chi connectivity index (χ3n) is 4.15. The largest absolute Gasteiger partial charge is 0.482 e. The zero-order chi connectivity index (χ0) is 19.6. The van der Waals surface area contributed by atoms with E-state index in [2.05, 4.69) is 0 Å². The van der Waals surface area contributed by atoms with Crippen molar-refractivity contribution in [1.82, 2.24) is 4.90 Å². The number of non-ortho nitro benzene ring substituents is 1. The second-order valence-electron chi connectivity index (χ2n) is 6.05. The van der Waals surface area contributed by atoms with E-state index in [-0.39, 0.29) is 30.4 Å². The number of likely N-dealkylation sites (N-methyl/N-ethyl adjacent to an activating group) is 1. The molecule has 2 aromatic rings. The molecule has 0 aromatic heterocycles. The van der Waals surface area contributed by atoms with Crippen LogP contribution in [0.2, 0.25) is 5.02 Å². The molecule has 0 fully saturated rings. The Morgan fingerprint density at radius 3 is 2.67 bits per heavy atom. The van der Waals surface area contributed by atoms with E-state index in [9.17, 15) is 19.7 Å². The van der Waals surface area contributed by atoms with Crippen LogP contribution < -0.4 is 9.64 Å². The summed E-state index contributed by atoms with van der Waals surface area (Å²) in [7, 11) is 1.62. The number of hydrogen-bond donors (Lipinski definition) is 0. The SMILES string of the molecule is CN(Cc1ccc(Cl)cc1)C(=O)CN1C(=O)COc2ccc([N+](=O)[O-])cc21. The van der Waals surface area contributed by atoms with Gasteiger partial charge in [0.2, 0.25) is 5.91 Å². The van der Waals surface area contributed by atoms with E-state index in [0.717, 1.165) is 5.56 Å². The van der Waals surface area contributed by atoms with Gasteiger partial charge in [0.15, 0.2) is 6.61 Å². The van der Waals surface area contributed by atoms with Crippen molar-refractivity contribution in [3.63, 3.8) is 0 Å². The molecular weight excluding hydrogens is 374 g/mol.